The van der Waals surface area contributed by atoms with Crippen molar-refractivity contribution in [1.82, 2.24) is 10.3 Å². The second kappa shape index (κ2) is 9.70. The minimum absolute atomic E-state index is 0.0696. The summed E-state index contributed by atoms with van der Waals surface area (Å²) in [6, 6.07) is 14.0. The summed E-state index contributed by atoms with van der Waals surface area (Å²) in [5, 5.41) is 5.84. The molecule has 0 aliphatic heterocycles. The van der Waals surface area contributed by atoms with Gasteiger partial charge in [0, 0.05) is 28.3 Å². The molecule has 0 bridgehead atoms. The molecule has 1 amide bonds. The molecule has 0 saturated heterocycles. The molecule has 1 N–H and O–H groups in total. The molecule has 1 aromatic carbocycles. The van der Waals surface area contributed by atoms with E-state index in [2.05, 4.69) is 22.4 Å². The second-order valence-electron chi connectivity index (χ2n) is 5.13. The number of aromatic nitrogens is 1. The average Bonchev–Trinajstić information content (AvgIpc) is 3.31. The summed E-state index contributed by atoms with van der Waals surface area (Å²) in [7, 11) is 0. The van der Waals surface area contributed by atoms with Crippen LogP contribution in [0.15, 0.2) is 63.4 Å². The summed E-state index contributed by atoms with van der Waals surface area (Å²) >= 11 is 4.88. The van der Waals surface area contributed by atoms with E-state index in [4.69, 9.17) is 4.42 Å². The van der Waals surface area contributed by atoms with Crippen LogP contribution >= 0.6 is 34.9 Å². The van der Waals surface area contributed by atoms with Crippen molar-refractivity contribution in [3.8, 4) is 10.8 Å². The molecule has 0 spiro atoms. The molecule has 0 aliphatic carbocycles. The number of furan rings is 1. The zero-order valence-corrected chi connectivity index (χ0v) is 16.0. The number of nitrogens with zero attached hydrogens (tertiary/aromatic N) is 1. The van der Waals surface area contributed by atoms with Crippen molar-refractivity contribution in [1.29, 1.82) is 0 Å². The molecule has 4 nitrogen and oxygen atoms in total. The molecule has 0 fully saturated rings. The van der Waals surface area contributed by atoms with E-state index in [0.717, 1.165) is 28.0 Å². The molecule has 0 saturated carbocycles. The zero-order chi connectivity index (χ0) is 17.3. The fraction of sp³-hybridized carbons (Fsp3) is 0.222. The molecule has 2 aromatic heterocycles. The monoisotopic (exact) mass is 390 g/mol. The van der Waals surface area contributed by atoms with Gasteiger partial charge in [0.1, 0.15) is 0 Å². The molecule has 2 heterocycles. The third-order valence-electron chi connectivity index (χ3n) is 3.20. The van der Waals surface area contributed by atoms with Gasteiger partial charge < -0.3 is 9.73 Å². The number of thioether (sulfide) groups is 2. The van der Waals surface area contributed by atoms with Crippen molar-refractivity contribution in [2.75, 3.05) is 18.1 Å². The molecular weight excluding hydrogens is 372 g/mol. The Bertz CT molecular complexity index is 773. The summed E-state index contributed by atoms with van der Waals surface area (Å²) in [6.07, 6.45) is 1.64. The molecule has 0 atom stereocenters. The fourth-order valence-corrected chi connectivity index (χ4v) is 4.49. The number of benzene rings is 1. The fourth-order valence-electron chi connectivity index (χ4n) is 2.06. The Morgan fingerprint density at radius 1 is 1.20 bits per heavy atom. The summed E-state index contributed by atoms with van der Waals surface area (Å²) in [5.74, 6) is 2.90. The van der Waals surface area contributed by atoms with Crippen molar-refractivity contribution in [2.24, 2.45) is 0 Å². The van der Waals surface area contributed by atoms with Gasteiger partial charge in [-0.2, -0.15) is 0 Å². The van der Waals surface area contributed by atoms with Crippen molar-refractivity contribution < 1.29 is 9.21 Å². The molecule has 0 unspecified atom stereocenters. The molecule has 130 valence electrons. The van der Waals surface area contributed by atoms with E-state index in [-0.39, 0.29) is 5.91 Å². The number of nitrogens with one attached hydrogen (secondary N) is 1. The summed E-state index contributed by atoms with van der Waals surface area (Å²) < 4.78 is 5.34. The molecule has 0 radical (unpaired) electrons. The van der Waals surface area contributed by atoms with Gasteiger partial charge in [-0.15, -0.1) is 34.9 Å². The lowest BCUT2D eigenvalue weighted by atomic mass is 10.4. The van der Waals surface area contributed by atoms with Crippen LogP contribution in [-0.4, -0.2) is 28.9 Å². The molecule has 0 aliphatic rings. The van der Waals surface area contributed by atoms with E-state index in [9.17, 15) is 4.79 Å². The minimum Gasteiger partial charge on any atom is -0.462 e. The van der Waals surface area contributed by atoms with Crippen molar-refractivity contribution in [3.05, 3.63) is 59.8 Å². The van der Waals surface area contributed by atoms with Crippen molar-refractivity contribution in [3.63, 3.8) is 0 Å². The molecule has 7 heteroatoms. The second-order valence-corrected chi connectivity index (χ2v) is 8.14. The third-order valence-corrected chi connectivity index (χ3v) is 6.09. The van der Waals surface area contributed by atoms with Gasteiger partial charge in [-0.3, -0.25) is 4.79 Å². The van der Waals surface area contributed by atoms with Gasteiger partial charge in [0.2, 0.25) is 5.91 Å². The maximum absolute atomic E-state index is 11.9. The first-order valence-corrected chi connectivity index (χ1v) is 10.8. The molecular formula is C18H18N2O2S3. The largest absolute Gasteiger partial charge is 0.462 e. The molecule has 3 aromatic rings. The van der Waals surface area contributed by atoms with E-state index in [1.807, 2.05) is 35.7 Å². The van der Waals surface area contributed by atoms with E-state index < -0.39 is 0 Å². The average molecular weight is 391 g/mol. The van der Waals surface area contributed by atoms with Gasteiger partial charge in [-0.1, -0.05) is 18.2 Å². The maximum atomic E-state index is 11.9. The van der Waals surface area contributed by atoms with Crippen molar-refractivity contribution in [2.45, 2.75) is 10.6 Å². The Morgan fingerprint density at radius 3 is 2.88 bits per heavy atom. The van der Waals surface area contributed by atoms with Gasteiger partial charge in [0.15, 0.2) is 10.8 Å². The van der Waals surface area contributed by atoms with Crippen LogP contribution in [0.3, 0.4) is 0 Å². The Balaban J connectivity index is 1.30. The highest BCUT2D eigenvalue weighted by atomic mass is 32.2. The number of carbonyl (C=O) groups excluding carboxylic acids is 1. The minimum atomic E-state index is 0.0696. The predicted octanol–water partition coefficient (Wildman–Crippen LogP) is 4.54. The first-order chi connectivity index (χ1) is 12.3. The van der Waals surface area contributed by atoms with Gasteiger partial charge >= 0.3 is 0 Å². The van der Waals surface area contributed by atoms with Gasteiger partial charge in [-0.05, 0) is 24.3 Å². The highest BCUT2D eigenvalue weighted by molar-refractivity contribution is 7.99. The number of amides is 1. The third kappa shape index (κ3) is 5.95. The number of hydrogen-bond donors (Lipinski definition) is 1. The van der Waals surface area contributed by atoms with Crippen LogP contribution in [0, 0.1) is 0 Å². The first-order valence-electron chi connectivity index (χ1n) is 7.82. The predicted molar refractivity (Wildman–Crippen MR) is 106 cm³/mol. The van der Waals surface area contributed by atoms with Crippen LogP contribution in [0.4, 0.5) is 0 Å². The first kappa shape index (κ1) is 18.1. The lowest BCUT2D eigenvalue weighted by Crippen LogP contribution is -2.27. The number of carbonyl (C=O) groups is 1. The molecule has 25 heavy (non-hydrogen) atoms. The Labute approximate surface area is 159 Å². The number of thiazole rings is 1. The molecule has 3 rings (SSSR count). The van der Waals surface area contributed by atoms with Crippen LogP contribution < -0.4 is 5.32 Å². The topological polar surface area (TPSA) is 55.1 Å². The Hall–Kier alpha value is -1.70. The van der Waals surface area contributed by atoms with E-state index in [0.29, 0.717) is 12.3 Å². The summed E-state index contributed by atoms with van der Waals surface area (Å²) in [6.45, 7) is 0.679. The Morgan fingerprint density at radius 2 is 2.08 bits per heavy atom. The van der Waals surface area contributed by atoms with E-state index in [1.54, 1.807) is 41.1 Å². The van der Waals surface area contributed by atoms with Gasteiger partial charge in [-0.25, -0.2) is 4.98 Å². The van der Waals surface area contributed by atoms with Crippen LogP contribution in [0.1, 0.15) is 5.69 Å². The van der Waals surface area contributed by atoms with E-state index >= 15 is 0 Å². The standard InChI is InChI=1S/C18H18N2O2S3/c21-17(19-8-10-24-15-5-2-1-3-6-15)13-23-11-14-12-25-18(20-14)16-7-4-9-22-16/h1-7,9,12H,8,10-11,13H2,(H,19,21). The summed E-state index contributed by atoms with van der Waals surface area (Å²) in [4.78, 5) is 17.6. The van der Waals surface area contributed by atoms with Crippen LogP contribution in [0.25, 0.3) is 10.8 Å². The zero-order valence-electron chi connectivity index (χ0n) is 13.5. The van der Waals surface area contributed by atoms with Crippen molar-refractivity contribution >= 4 is 40.8 Å². The van der Waals surface area contributed by atoms with Gasteiger partial charge in [0.05, 0.1) is 17.7 Å². The summed E-state index contributed by atoms with van der Waals surface area (Å²) in [5.41, 5.74) is 0.980. The highest BCUT2D eigenvalue weighted by Crippen LogP contribution is 2.25. The van der Waals surface area contributed by atoms with Gasteiger partial charge in [0.25, 0.3) is 0 Å². The number of rotatable bonds is 9. The lowest BCUT2D eigenvalue weighted by Gasteiger charge is -2.05. The maximum Gasteiger partial charge on any atom is 0.230 e. The van der Waals surface area contributed by atoms with Crippen LogP contribution in [0.2, 0.25) is 0 Å². The SMILES string of the molecule is O=C(CSCc1csc(-c2ccco2)n1)NCCSc1ccccc1. The highest BCUT2D eigenvalue weighted by Gasteiger charge is 2.08. The van der Waals surface area contributed by atoms with Crippen LogP contribution in [-0.2, 0) is 10.5 Å². The van der Waals surface area contributed by atoms with E-state index in [1.165, 1.54) is 4.90 Å². The number of hydrogen-bond acceptors (Lipinski definition) is 6. The van der Waals surface area contributed by atoms with Crippen LogP contribution in [0.5, 0.6) is 0 Å². The normalized spacial score (nSPS) is 10.7. The Kier molecular flexibility index (Phi) is 7.02. The smallest absolute Gasteiger partial charge is 0.230 e. The quantitative estimate of drug-likeness (QED) is 0.429. The lowest BCUT2D eigenvalue weighted by molar-refractivity contribution is -0.118.